The maximum atomic E-state index is 11.9. The van der Waals surface area contributed by atoms with Crippen molar-refractivity contribution in [2.24, 2.45) is 0 Å². The normalized spacial score (nSPS) is 16.4. The summed E-state index contributed by atoms with van der Waals surface area (Å²) < 4.78 is 1.87. The number of aromatic nitrogens is 2. The smallest absolute Gasteiger partial charge is 0.276 e. The Morgan fingerprint density at radius 3 is 2.76 bits per heavy atom. The van der Waals surface area contributed by atoms with Crippen molar-refractivity contribution in [3.8, 4) is 0 Å². The Labute approximate surface area is 101 Å². The average molecular weight is 237 g/mol. The standard InChI is InChI=1S/C11H19N5O/c1-14(2)11(17)10-9(12)8-7-15(3)5-4-6-16(8)13-10/h4-7,12H2,1-3H3. The van der Waals surface area contributed by atoms with E-state index in [0.29, 0.717) is 11.4 Å². The minimum absolute atomic E-state index is 0.134. The van der Waals surface area contributed by atoms with E-state index in [1.165, 1.54) is 4.90 Å². The number of nitrogens with two attached hydrogens (primary N) is 1. The van der Waals surface area contributed by atoms with E-state index < -0.39 is 0 Å². The van der Waals surface area contributed by atoms with Gasteiger partial charge in [-0.05, 0) is 13.5 Å². The van der Waals surface area contributed by atoms with E-state index in [9.17, 15) is 4.79 Å². The fraction of sp³-hybridized carbons (Fsp3) is 0.636. The highest BCUT2D eigenvalue weighted by molar-refractivity contribution is 5.97. The van der Waals surface area contributed by atoms with E-state index in [0.717, 1.165) is 31.7 Å². The highest BCUT2D eigenvalue weighted by Gasteiger charge is 2.24. The zero-order valence-corrected chi connectivity index (χ0v) is 10.6. The van der Waals surface area contributed by atoms with Crippen molar-refractivity contribution in [1.82, 2.24) is 19.6 Å². The lowest BCUT2D eigenvalue weighted by Gasteiger charge is -2.12. The Balaban J connectivity index is 2.39. The maximum Gasteiger partial charge on any atom is 0.276 e. The Hall–Kier alpha value is -1.56. The first-order valence-electron chi connectivity index (χ1n) is 5.76. The number of carbonyl (C=O) groups is 1. The fourth-order valence-corrected chi connectivity index (χ4v) is 2.06. The molecule has 0 fully saturated rings. The van der Waals surface area contributed by atoms with Crippen LogP contribution in [0.5, 0.6) is 0 Å². The number of amides is 1. The van der Waals surface area contributed by atoms with Gasteiger partial charge in [0.15, 0.2) is 5.69 Å². The van der Waals surface area contributed by atoms with Crippen LogP contribution in [0.3, 0.4) is 0 Å². The SMILES string of the molecule is CN1CCCn2nc(C(=O)N(C)C)c(N)c2C1. The van der Waals surface area contributed by atoms with Crippen molar-refractivity contribution < 1.29 is 4.79 Å². The summed E-state index contributed by atoms with van der Waals surface area (Å²) >= 11 is 0. The van der Waals surface area contributed by atoms with E-state index >= 15 is 0 Å². The largest absolute Gasteiger partial charge is 0.395 e. The summed E-state index contributed by atoms with van der Waals surface area (Å²) in [5.74, 6) is -0.134. The van der Waals surface area contributed by atoms with Gasteiger partial charge in [-0.1, -0.05) is 0 Å². The number of rotatable bonds is 1. The predicted molar refractivity (Wildman–Crippen MR) is 65.6 cm³/mol. The molecule has 0 spiro atoms. The van der Waals surface area contributed by atoms with Gasteiger partial charge in [-0.3, -0.25) is 9.48 Å². The molecule has 17 heavy (non-hydrogen) atoms. The lowest BCUT2D eigenvalue weighted by Crippen LogP contribution is -2.23. The van der Waals surface area contributed by atoms with Gasteiger partial charge in [0, 0.05) is 33.7 Å². The van der Waals surface area contributed by atoms with Gasteiger partial charge in [0.2, 0.25) is 0 Å². The first-order valence-corrected chi connectivity index (χ1v) is 5.76. The molecule has 0 radical (unpaired) electrons. The van der Waals surface area contributed by atoms with Crippen LogP contribution in [0.4, 0.5) is 5.69 Å². The molecule has 1 amide bonds. The molecular weight excluding hydrogens is 218 g/mol. The molecule has 94 valence electrons. The number of nitrogen functional groups attached to an aromatic ring is 1. The monoisotopic (exact) mass is 237 g/mol. The number of anilines is 1. The summed E-state index contributed by atoms with van der Waals surface area (Å²) in [6.07, 6.45) is 1.03. The van der Waals surface area contributed by atoms with Gasteiger partial charge in [0.1, 0.15) is 0 Å². The van der Waals surface area contributed by atoms with Crippen molar-refractivity contribution >= 4 is 11.6 Å². The molecule has 0 aromatic carbocycles. The maximum absolute atomic E-state index is 11.9. The molecule has 0 unspecified atom stereocenters. The van der Waals surface area contributed by atoms with Crippen molar-refractivity contribution in [2.75, 3.05) is 33.4 Å². The zero-order chi connectivity index (χ0) is 12.6. The molecule has 0 atom stereocenters. The second-order valence-corrected chi connectivity index (χ2v) is 4.72. The highest BCUT2D eigenvalue weighted by Crippen LogP contribution is 2.22. The van der Waals surface area contributed by atoms with Gasteiger partial charge in [0.25, 0.3) is 5.91 Å². The number of carbonyl (C=O) groups excluding carboxylic acids is 1. The van der Waals surface area contributed by atoms with Gasteiger partial charge in [-0.25, -0.2) is 0 Å². The molecule has 2 N–H and O–H groups in total. The minimum atomic E-state index is -0.134. The van der Waals surface area contributed by atoms with Gasteiger partial charge in [-0.2, -0.15) is 5.10 Å². The van der Waals surface area contributed by atoms with Crippen molar-refractivity contribution in [3.63, 3.8) is 0 Å². The zero-order valence-electron chi connectivity index (χ0n) is 10.6. The Morgan fingerprint density at radius 1 is 1.41 bits per heavy atom. The molecule has 0 aliphatic carbocycles. The summed E-state index contributed by atoms with van der Waals surface area (Å²) in [5, 5.41) is 4.34. The lowest BCUT2D eigenvalue weighted by molar-refractivity contribution is 0.0822. The van der Waals surface area contributed by atoms with Crippen LogP contribution in [0.25, 0.3) is 0 Å². The van der Waals surface area contributed by atoms with Crippen LogP contribution < -0.4 is 5.73 Å². The van der Waals surface area contributed by atoms with E-state index in [1.807, 2.05) is 4.68 Å². The molecule has 6 nitrogen and oxygen atoms in total. The van der Waals surface area contributed by atoms with Crippen LogP contribution in [-0.2, 0) is 13.1 Å². The third kappa shape index (κ3) is 2.12. The van der Waals surface area contributed by atoms with E-state index in [2.05, 4.69) is 17.0 Å². The molecule has 6 heteroatoms. The lowest BCUT2D eigenvalue weighted by atomic mass is 10.2. The van der Waals surface area contributed by atoms with Crippen LogP contribution in [-0.4, -0.2) is 53.2 Å². The van der Waals surface area contributed by atoms with Crippen molar-refractivity contribution in [2.45, 2.75) is 19.5 Å². The van der Waals surface area contributed by atoms with Crippen LogP contribution in [0.2, 0.25) is 0 Å². The molecule has 1 aromatic heterocycles. The quantitative estimate of drug-likeness (QED) is 0.746. The third-order valence-electron chi connectivity index (χ3n) is 3.04. The van der Waals surface area contributed by atoms with Crippen LogP contribution in [0.15, 0.2) is 0 Å². The third-order valence-corrected chi connectivity index (χ3v) is 3.04. The van der Waals surface area contributed by atoms with Gasteiger partial charge in [0.05, 0.1) is 11.4 Å². The number of hydrogen-bond acceptors (Lipinski definition) is 4. The summed E-state index contributed by atoms with van der Waals surface area (Å²) in [6, 6.07) is 0. The minimum Gasteiger partial charge on any atom is -0.395 e. The van der Waals surface area contributed by atoms with Gasteiger partial charge >= 0.3 is 0 Å². The van der Waals surface area contributed by atoms with Crippen LogP contribution >= 0.6 is 0 Å². The van der Waals surface area contributed by atoms with Gasteiger partial charge in [-0.15, -0.1) is 0 Å². The topological polar surface area (TPSA) is 67.4 Å². The summed E-state index contributed by atoms with van der Waals surface area (Å²) in [5.41, 5.74) is 7.89. The second-order valence-electron chi connectivity index (χ2n) is 4.72. The number of aryl methyl sites for hydroxylation is 1. The van der Waals surface area contributed by atoms with Crippen molar-refractivity contribution in [1.29, 1.82) is 0 Å². The van der Waals surface area contributed by atoms with E-state index in [1.54, 1.807) is 14.1 Å². The average Bonchev–Trinajstić information content (AvgIpc) is 2.47. The molecule has 2 rings (SSSR count). The van der Waals surface area contributed by atoms with E-state index in [4.69, 9.17) is 5.73 Å². The molecule has 2 heterocycles. The fourth-order valence-electron chi connectivity index (χ4n) is 2.06. The summed E-state index contributed by atoms with van der Waals surface area (Å²) in [6.45, 7) is 2.60. The summed E-state index contributed by atoms with van der Waals surface area (Å²) in [4.78, 5) is 15.6. The van der Waals surface area contributed by atoms with Crippen LogP contribution in [0, 0.1) is 0 Å². The molecule has 1 aliphatic rings. The van der Waals surface area contributed by atoms with Crippen LogP contribution in [0.1, 0.15) is 22.6 Å². The molecule has 0 bridgehead atoms. The number of nitrogens with zero attached hydrogens (tertiary/aromatic N) is 4. The van der Waals surface area contributed by atoms with E-state index in [-0.39, 0.29) is 5.91 Å². The Bertz CT molecular complexity index is 437. The number of hydrogen-bond donors (Lipinski definition) is 1. The molecule has 0 saturated heterocycles. The summed E-state index contributed by atoms with van der Waals surface area (Å²) in [7, 11) is 5.46. The highest BCUT2D eigenvalue weighted by atomic mass is 16.2. The molecule has 1 aliphatic heterocycles. The first-order chi connectivity index (χ1) is 8.00. The second kappa shape index (κ2) is 4.37. The Kier molecular flexibility index (Phi) is 3.06. The Morgan fingerprint density at radius 2 is 2.12 bits per heavy atom. The molecule has 1 aromatic rings. The van der Waals surface area contributed by atoms with Gasteiger partial charge < -0.3 is 15.5 Å². The first kappa shape index (κ1) is 11.9. The molecule has 0 saturated carbocycles. The van der Waals surface area contributed by atoms with Crippen molar-refractivity contribution in [3.05, 3.63) is 11.4 Å². The molecular formula is C11H19N5O. The predicted octanol–water partition coefficient (Wildman–Crippen LogP) is 0.00260. The number of fused-ring (bicyclic) bond motifs is 1.